The highest BCUT2D eigenvalue weighted by Crippen LogP contribution is 2.24. The number of rotatable bonds is 6. The number of anilines is 2. The Balaban J connectivity index is 1.48. The van der Waals surface area contributed by atoms with E-state index >= 15 is 0 Å². The van der Waals surface area contributed by atoms with Gasteiger partial charge in [-0.05, 0) is 61.7 Å². The monoisotopic (exact) mass is 442 g/mol. The van der Waals surface area contributed by atoms with Gasteiger partial charge in [0.25, 0.3) is 5.91 Å². The molecule has 0 spiro atoms. The molecule has 4 rings (SSSR count). The van der Waals surface area contributed by atoms with Crippen LogP contribution < -0.4 is 10.6 Å². The Morgan fingerprint density at radius 1 is 0.969 bits per heavy atom. The predicted octanol–water partition coefficient (Wildman–Crippen LogP) is 5.45. The van der Waals surface area contributed by atoms with E-state index in [4.69, 9.17) is 0 Å². The van der Waals surface area contributed by atoms with Gasteiger partial charge in [-0.15, -0.1) is 11.3 Å². The maximum atomic E-state index is 12.9. The third-order valence-corrected chi connectivity index (χ3v) is 5.70. The second-order valence-electron chi connectivity index (χ2n) is 7.17. The van der Waals surface area contributed by atoms with Gasteiger partial charge in [-0.1, -0.05) is 30.3 Å². The first kappa shape index (κ1) is 21.3. The molecule has 2 N–H and O–H groups in total. The highest BCUT2D eigenvalue weighted by molar-refractivity contribution is 7.10. The standard InChI is InChI=1S/C25H22N4O2S/c1-17-24(18(2)29(28-17)21-10-4-3-5-11-21)27-25(31)19-8-6-9-20(16-19)26-23(30)14-13-22-12-7-15-32-22/h3-16H,1-2H3,(H,26,30)(H,27,31)/b14-13+. The average Bonchev–Trinajstić information content (AvgIpc) is 3.42. The van der Waals surface area contributed by atoms with Gasteiger partial charge in [0.05, 0.1) is 22.8 Å². The highest BCUT2D eigenvalue weighted by atomic mass is 32.1. The summed E-state index contributed by atoms with van der Waals surface area (Å²) in [6.07, 6.45) is 3.23. The van der Waals surface area contributed by atoms with E-state index in [0.717, 1.165) is 22.0 Å². The maximum Gasteiger partial charge on any atom is 0.255 e. The molecular formula is C25H22N4O2S. The third-order valence-electron chi connectivity index (χ3n) is 4.87. The van der Waals surface area contributed by atoms with Crippen molar-refractivity contribution < 1.29 is 9.59 Å². The molecule has 0 aliphatic carbocycles. The number of nitrogens with one attached hydrogen (secondary N) is 2. The Hall–Kier alpha value is -3.97. The smallest absolute Gasteiger partial charge is 0.255 e. The van der Waals surface area contributed by atoms with Gasteiger partial charge in [0.1, 0.15) is 0 Å². The van der Waals surface area contributed by atoms with E-state index in [9.17, 15) is 9.59 Å². The number of amides is 2. The van der Waals surface area contributed by atoms with Gasteiger partial charge in [-0.2, -0.15) is 5.10 Å². The SMILES string of the molecule is Cc1nn(-c2ccccc2)c(C)c1NC(=O)c1cccc(NC(=O)/C=C/c2cccs2)c1. The van der Waals surface area contributed by atoms with Crippen molar-refractivity contribution in [2.24, 2.45) is 0 Å². The molecular weight excluding hydrogens is 420 g/mol. The second-order valence-corrected chi connectivity index (χ2v) is 8.15. The molecule has 0 saturated heterocycles. The summed E-state index contributed by atoms with van der Waals surface area (Å²) in [5.41, 5.74) is 4.15. The minimum atomic E-state index is -0.269. The van der Waals surface area contributed by atoms with E-state index in [2.05, 4.69) is 15.7 Å². The zero-order valence-corrected chi connectivity index (χ0v) is 18.5. The highest BCUT2D eigenvalue weighted by Gasteiger charge is 2.16. The molecule has 160 valence electrons. The summed E-state index contributed by atoms with van der Waals surface area (Å²) in [6, 6.07) is 20.5. The van der Waals surface area contributed by atoms with E-state index in [0.29, 0.717) is 16.9 Å². The summed E-state index contributed by atoms with van der Waals surface area (Å²) in [7, 11) is 0. The largest absolute Gasteiger partial charge is 0.322 e. The van der Waals surface area contributed by atoms with Gasteiger partial charge in [-0.25, -0.2) is 4.68 Å². The predicted molar refractivity (Wildman–Crippen MR) is 129 cm³/mol. The Bertz CT molecular complexity index is 1270. The molecule has 0 aliphatic heterocycles. The van der Waals surface area contributed by atoms with E-state index in [1.807, 2.05) is 66.4 Å². The summed E-state index contributed by atoms with van der Waals surface area (Å²) < 4.78 is 1.81. The molecule has 2 heterocycles. The van der Waals surface area contributed by atoms with E-state index in [1.54, 1.807) is 41.7 Å². The topological polar surface area (TPSA) is 76.0 Å². The van der Waals surface area contributed by atoms with Gasteiger partial charge in [-0.3, -0.25) is 9.59 Å². The number of carbonyl (C=O) groups is 2. The van der Waals surface area contributed by atoms with Gasteiger partial charge in [0.15, 0.2) is 0 Å². The van der Waals surface area contributed by atoms with Crippen LogP contribution in [0.3, 0.4) is 0 Å². The quantitative estimate of drug-likeness (QED) is 0.390. The maximum absolute atomic E-state index is 12.9. The summed E-state index contributed by atoms with van der Waals surface area (Å²) >= 11 is 1.55. The summed E-state index contributed by atoms with van der Waals surface area (Å²) in [6.45, 7) is 3.78. The van der Waals surface area contributed by atoms with Crippen molar-refractivity contribution in [3.63, 3.8) is 0 Å². The third kappa shape index (κ3) is 4.84. The van der Waals surface area contributed by atoms with Crippen LogP contribution in [-0.2, 0) is 4.79 Å². The number of benzene rings is 2. The number of nitrogens with zero attached hydrogens (tertiary/aromatic N) is 2. The first-order valence-electron chi connectivity index (χ1n) is 10.1. The molecule has 32 heavy (non-hydrogen) atoms. The molecule has 7 heteroatoms. The van der Waals surface area contributed by atoms with Crippen molar-refractivity contribution in [1.29, 1.82) is 0 Å². The Morgan fingerprint density at radius 3 is 2.53 bits per heavy atom. The zero-order valence-electron chi connectivity index (χ0n) is 17.7. The number of aryl methyl sites for hydroxylation is 1. The number of hydrogen-bond donors (Lipinski definition) is 2. The van der Waals surface area contributed by atoms with Gasteiger partial charge >= 0.3 is 0 Å². The average molecular weight is 443 g/mol. The van der Waals surface area contributed by atoms with Gasteiger partial charge in [0, 0.05) is 22.2 Å². The molecule has 0 saturated carbocycles. The lowest BCUT2D eigenvalue weighted by Crippen LogP contribution is -2.14. The minimum Gasteiger partial charge on any atom is -0.322 e. The van der Waals surface area contributed by atoms with Crippen molar-refractivity contribution >= 4 is 40.6 Å². The molecule has 0 fully saturated rings. The van der Waals surface area contributed by atoms with Crippen molar-refractivity contribution in [3.05, 3.63) is 100 Å². The second kappa shape index (κ2) is 9.45. The number of hydrogen-bond acceptors (Lipinski definition) is 4. The molecule has 4 aromatic rings. The first-order valence-corrected chi connectivity index (χ1v) is 10.9. The van der Waals surface area contributed by atoms with E-state index in [1.165, 1.54) is 6.08 Å². The molecule has 0 atom stereocenters. The molecule has 0 unspecified atom stereocenters. The van der Waals surface area contributed by atoms with Crippen molar-refractivity contribution in [2.45, 2.75) is 13.8 Å². The lowest BCUT2D eigenvalue weighted by atomic mass is 10.1. The van der Waals surface area contributed by atoms with Crippen LogP contribution >= 0.6 is 11.3 Å². The fourth-order valence-corrected chi connectivity index (χ4v) is 3.91. The number of para-hydroxylation sites is 1. The Kier molecular flexibility index (Phi) is 6.28. The fraction of sp³-hybridized carbons (Fsp3) is 0.0800. The molecule has 6 nitrogen and oxygen atoms in total. The first-order chi connectivity index (χ1) is 15.5. The zero-order chi connectivity index (χ0) is 22.5. The van der Waals surface area contributed by atoms with E-state index < -0.39 is 0 Å². The van der Waals surface area contributed by atoms with Crippen LogP contribution in [0.1, 0.15) is 26.6 Å². The minimum absolute atomic E-state index is 0.258. The molecule has 0 bridgehead atoms. The number of carbonyl (C=O) groups excluding carboxylic acids is 2. The summed E-state index contributed by atoms with van der Waals surface area (Å²) in [5.74, 6) is -0.527. The van der Waals surface area contributed by atoms with Crippen LogP contribution in [0.4, 0.5) is 11.4 Å². The van der Waals surface area contributed by atoms with Crippen molar-refractivity contribution in [3.8, 4) is 5.69 Å². The molecule has 2 aromatic heterocycles. The van der Waals surface area contributed by atoms with Crippen LogP contribution in [0.25, 0.3) is 11.8 Å². The van der Waals surface area contributed by atoms with Crippen LogP contribution in [0.5, 0.6) is 0 Å². The van der Waals surface area contributed by atoms with Crippen LogP contribution in [0.15, 0.2) is 78.2 Å². The Morgan fingerprint density at radius 2 is 1.78 bits per heavy atom. The van der Waals surface area contributed by atoms with Crippen molar-refractivity contribution in [2.75, 3.05) is 10.6 Å². The molecule has 2 amide bonds. The fourth-order valence-electron chi connectivity index (χ4n) is 3.30. The van der Waals surface area contributed by atoms with Crippen LogP contribution in [-0.4, -0.2) is 21.6 Å². The van der Waals surface area contributed by atoms with Crippen molar-refractivity contribution in [1.82, 2.24) is 9.78 Å². The van der Waals surface area contributed by atoms with Gasteiger partial charge in [0.2, 0.25) is 5.91 Å². The van der Waals surface area contributed by atoms with E-state index in [-0.39, 0.29) is 11.8 Å². The lowest BCUT2D eigenvalue weighted by Gasteiger charge is -2.09. The lowest BCUT2D eigenvalue weighted by molar-refractivity contribution is -0.111. The Labute approximate surface area is 190 Å². The number of thiophene rings is 1. The van der Waals surface area contributed by atoms with Crippen LogP contribution in [0, 0.1) is 13.8 Å². The molecule has 0 aliphatic rings. The summed E-state index contributed by atoms with van der Waals surface area (Å²) in [4.78, 5) is 26.1. The number of aromatic nitrogens is 2. The van der Waals surface area contributed by atoms with Gasteiger partial charge < -0.3 is 10.6 Å². The summed E-state index contributed by atoms with van der Waals surface area (Å²) in [5, 5.41) is 12.3. The normalized spacial score (nSPS) is 10.9. The van der Waals surface area contributed by atoms with Crippen LogP contribution in [0.2, 0.25) is 0 Å². The molecule has 2 aromatic carbocycles. The molecule has 0 radical (unpaired) electrons.